The molecular weight excluding hydrogens is 335 g/mol. The lowest BCUT2D eigenvalue weighted by atomic mass is 10.2. The van der Waals surface area contributed by atoms with Gasteiger partial charge in [0.15, 0.2) is 0 Å². The number of benzene rings is 2. The Morgan fingerprint density at radius 1 is 1.09 bits per heavy atom. The van der Waals surface area contributed by atoms with Crippen molar-refractivity contribution in [2.45, 2.75) is 6.54 Å². The smallest absolute Gasteiger partial charge is 0.211 e. The second-order valence-corrected chi connectivity index (χ2v) is 5.66. The molecule has 23 heavy (non-hydrogen) atoms. The van der Waals surface area contributed by atoms with E-state index in [-0.39, 0.29) is 0 Å². The highest BCUT2D eigenvalue weighted by Gasteiger charge is 2.06. The van der Waals surface area contributed by atoms with Crippen LogP contribution in [-0.4, -0.2) is 16.4 Å². The molecule has 0 radical (unpaired) electrons. The predicted molar refractivity (Wildman–Crippen MR) is 93.0 cm³/mol. The summed E-state index contributed by atoms with van der Waals surface area (Å²) in [5.41, 5.74) is 2.33. The van der Waals surface area contributed by atoms with Crippen LogP contribution in [0.15, 0.2) is 42.7 Å². The molecule has 0 fully saturated rings. The third-order valence-corrected chi connectivity index (χ3v) is 3.87. The van der Waals surface area contributed by atoms with E-state index in [0.29, 0.717) is 34.5 Å². The van der Waals surface area contributed by atoms with Crippen molar-refractivity contribution in [2.24, 2.45) is 0 Å². The van der Waals surface area contributed by atoms with Gasteiger partial charge in [0.05, 0.1) is 16.2 Å². The van der Waals surface area contributed by atoms with Crippen LogP contribution in [0.25, 0.3) is 10.9 Å². The summed E-state index contributed by atoms with van der Waals surface area (Å²) in [5, 5.41) is 7.78. The lowest BCUT2D eigenvalue weighted by Crippen LogP contribution is -2.04. The Morgan fingerprint density at radius 3 is 2.78 bits per heavy atom. The number of carbonyl (C=O) groups is 1. The molecule has 0 saturated carbocycles. The van der Waals surface area contributed by atoms with Crippen LogP contribution in [-0.2, 0) is 11.3 Å². The third-order valence-electron chi connectivity index (χ3n) is 3.30. The van der Waals surface area contributed by atoms with Crippen LogP contribution in [0.1, 0.15) is 5.56 Å². The van der Waals surface area contributed by atoms with Gasteiger partial charge in [0.1, 0.15) is 12.1 Å². The van der Waals surface area contributed by atoms with E-state index < -0.39 is 0 Å². The molecule has 5 nitrogen and oxygen atoms in total. The molecule has 0 aliphatic rings. The molecule has 0 atom stereocenters. The minimum atomic E-state index is 0.486. The molecule has 2 N–H and O–H groups in total. The maximum atomic E-state index is 10.6. The third kappa shape index (κ3) is 3.52. The van der Waals surface area contributed by atoms with Gasteiger partial charge in [0.25, 0.3) is 0 Å². The number of nitrogens with one attached hydrogen (secondary N) is 2. The summed E-state index contributed by atoms with van der Waals surface area (Å²) in [7, 11) is 0. The number of aromatic nitrogens is 2. The number of hydrogen-bond acceptors (Lipinski definition) is 4. The summed E-state index contributed by atoms with van der Waals surface area (Å²) in [4.78, 5) is 19.1. The zero-order chi connectivity index (χ0) is 16.2. The van der Waals surface area contributed by atoms with Crippen LogP contribution < -0.4 is 10.6 Å². The number of nitrogens with zero attached hydrogens (tertiary/aromatic N) is 2. The van der Waals surface area contributed by atoms with Gasteiger partial charge in [-0.25, -0.2) is 9.97 Å². The zero-order valence-corrected chi connectivity index (χ0v) is 13.4. The number of anilines is 2. The molecule has 7 heteroatoms. The zero-order valence-electron chi connectivity index (χ0n) is 11.9. The Kier molecular flexibility index (Phi) is 4.60. The molecule has 0 aliphatic heterocycles. The highest BCUT2D eigenvalue weighted by Crippen LogP contribution is 2.25. The van der Waals surface area contributed by atoms with Gasteiger partial charge in [-0.15, -0.1) is 0 Å². The largest absolute Gasteiger partial charge is 0.365 e. The number of halogens is 2. The van der Waals surface area contributed by atoms with Crippen molar-refractivity contribution in [1.29, 1.82) is 0 Å². The SMILES string of the molecule is O=CNc1cc(CNc2ncnc3ccc(Cl)cc23)ccc1Cl. The molecule has 3 aromatic rings. The molecule has 3 rings (SSSR count). The van der Waals surface area contributed by atoms with Crippen molar-refractivity contribution in [1.82, 2.24) is 9.97 Å². The summed E-state index contributed by atoms with van der Waals surface area (Å²) in [6.07, 6.45) is 2.10. The van der Waals surface area contributed by atoms with Gasteiger partial charge in [0, 0.05) is 17.0 Å². The van der Waals surface area contributed by atoms with Gasteiger partial charge < -0.3 is 10.6 Å². The van der Waals surface area contributed by atoms with Gasteiger partial charge in [-0.3, -0.25) is 4.79 Å². The van der Waals surface area contributed by atoms with E-state index in [1.807, 2.05) is 18.2 Å². The summed E-state index contributed by atoms with van der Waals surface area (Å²) in [6.45, 7) is 0.517. The summed E-state index contributed by atoms with van der Waals surface area (Å²) < 4.78 is 0. The van der Waals surface area contributed by atoms with Crippen LogP contribution in [0.3, 0.4) is 0 Å². The lowest BCUT2D eigenvalue weighted by molar-refractivity contribution is -0.105. The van der Waals surface area contributed by atoms with Gasteiger partial charge >= 0.3 is 0 Å². The molecule has 116 valence electrons. The van der Waals surface area contributed by atoms with Crippen molar-refractivity contribution in [3.63, 3.8) is 0 Å². The Morgan fingerprint density at radius 2 is 1.96 bits per heavy atom. The Bertz CT molecular complexity index is 870. The standard InChI is InChI=1S/C16H12Cl2N4O/c17-11-2-4-14-12(6-11)16(21-8-20-14)19-7-10-1-3-13(18)15(5-10)22-9-23/h1-6,8-9H,7H2,(H,22,23)(H,19,20,21). The van der Waals surface area contributed by atoms with Crippen molar-refractivity contribution in [2.75, 3.05) is 10.6 Å². The van der Waals surface area contributed by atoms with Crippen molar-refractivity contribution >= 4 is 52.0 Å². The minimum absolute atomic E-state index is 0.486. The second kappa shape index (κ2) is 6.81. The maximum Gasteiger partial charge on any atom is 0.211 e. The summed E-state index contributed by atoms with van der Waals surface area (Å²) >= 11 is 12.1. The van der Waals surface area contributed by atoms with E-state index in [1.165, 1.54) is 6.33 Å². The Hall–Kier alpha value is -2.37. The normalized spacial score (nSPS) is 10.5. The van der Waals surface area contributed by atoms with Crippen LogP contribution >= 0.6 is 23.2 Å². The highest BCUT2D eigenvalue weighted by molar-refractivity contribution is 6.33. The van der Waals surface area contributed by atoms with Crippen molar-refractivity contribution in [3.8, 4) is 0 Å². The van der Waals surface area contributed by atoms with Crippen LogP contribution in [0.4, 0.5) is 11.5 Å². The minimum Gasteiger partial charge on any atom is -0.365 e. The Balaban J connectivity index is 1.85. The first-order valence-electron chi connectivity index (χ1n) is 6.80. The molecule has 0 bridgehead atoms. The van der Waals surface area contributed by atoms with Gasteiger partial charge in [-0.1, -0.05) is 29.3 Å². The highest BCUT2D eigenvalue weighted by atomic mass is 35.5. The van der Waals surface area contributed by atoms with Gasteiger partial charge in [0.2, 0.25) is 6.41 Å². The molecular formula is C16H12Cl2N4O. The number of amides is 1. The molecule has 2 aromatic carbocycles. The number of rotatable bonds is 5. The average Bonchev–Trinajstić information content (AvgIpc) is 2.56. The van der Waals surface area contributed by atoms with Gasteiger partial charge in [-0.2, -0.15) is 0 Å². The van der Waals surface area contributed by atoms with Crippen LogP contribution in [0.2, 0.25) is 10.0 Å². The van der Waals surface area contributed by atoms with Crippen molar-refractivity contribution < 1.29 is 4.79 Å². The fourth-order valence-corrected chi connectivity index (χ4v) is 2.56. The van der Waals surface area contributed by atoms with Crippen LogP contribution in [0.5, 0.6) is 0 Å². The maximum absolute atomic E-state index is 10.6. The molecule has 0 aliphatic carbocycles. The van der Waals surface area contributed by atoms with E-state index in [2.05, 4.69) is 20.6 Å². The monoisotopic (exact) mass is 346 g/mol. The average molecular weight is 347 g/mol. The Labute approximate surface area is 142 Å². The lowest BCUT2D eigenvalue weighted by Gasteiger charge is -2.10. The summed E-state index contributed by atoms with van der Waals surface area (Å²) in [5.74, 6) is 0.692. The van der Waals surface area contributed by atoms with Crippen LogP contribution in [0, 0.1) is 0 Å². The second-order valence-electron chi connectivity index (χ2n) is 4.81. The quantitative estimate of drug-likeness (QED) is 0.682. The molecule has 0 saturated heterocycles. The number of fused-ring (bicyclic) bond motifs is 1. The first-order chi connectivity index (χ1) is 11.2. The summed E-state index contributed by atoms with van der Waals surface area (Å²) in [6, 6.07) is 10.9. The topological polar surface area (TPSA) is 66.9 Å². The van der Waals surface area contributed by atoms with E-state index >= 15 is 0 Å². The number of carbonyl (C=O) groups excluding carboxylic acids is 1. The fourth-order valence-electron chi connectivity index (χ4n) is 2.21. The molecule has 0 spiro atoms. The van der Waals surface area contributed by atoms with E-state index in [4.69, 9.17) is 23.2 Å². The first kappa shape index (κ1) is 15.5. The fraction of sp³-hybridized carbons (Fsp3) is 0.0625. The molecule has 0 unspecified atom stereocenters. The molecule has 1 amide bonds. The van der Waals surface area contributed by atoms with E-state index in [0.717, 1.165) is 16.5 Å². The number of hydrogen-bond donors (Lipinski definition) is 2. The molecule has 1 heterocycles. The van der Waals surface area contributed by atoms with E-state index in [1.54, 1.807) is 18.2 Å². The first-order valence-corrected chi connectivity index (χ1v) is 7.56. The van der Waals surface area contributed by atoms with E-state index in [9.17, 15) is 4.79 Å². The van der Waals surface area contributed by atoms with Gasteiger partial charge in [-0.05, 0) is 35.9 Å². The van der Waals surface area contributed by atoms with Crippen molar-refractivity contribution in [3.05, 3.63) is 58.3 Å². The predicted octanol–water partition coefficient (Wildman–Crippen LogP) is 4.12. The molecule has 1 aromatic heterocycles.